The fourth-order valence-corrected chi connectivity index (χ4v) is 4.61. The highest BCUT2D eigenvalue weighted by atomic mass is 35.5. The minimum atomic E-state index is -3.74. The van der Waals surface area contributed by atoms with Crippen molar-refractivity contribution >= 4 is 43.8 Å². The van der Waals surface area contributed by atoms with Gasteiger partial charge in [0, 0.05) is 23.9 Å². The normalized spacial score (nSPS) is 15.1. The van der Waals surface area contributed by atoms with Gasteiger partial charge in [0.15, 0.2) is 10.8 Å². The van der Waals surface area contributed by atoms with Gasteiger partial charge >= 0.3 is 0 Å². The maximum Gasteiger partial charge on any atom is 0.216 e. The van der Waals surface area contributed by atoms with E-state index in [-0.39, 0.29) is 10.0 Å². The van der Waals surface area contributed by atoms with Crippen molar-refractivity contribution in [1.29, 1.82) is 0 Å². The van der Waals surface area contributed by atoms with Crippen molar-refractivity contribution in [1.82, 2.24) is 19.9 Å². The van der Waals surface area contributed by atoms with Crippen molar-refractivity contribution in [3.05, 3.63) is 59.1 Å². The van der Waals surface area contributed by atoms with Crippen LogP contribution in [-0.2, 0) is 14.6 Å². The summed E-state index contributed by atoms with van der Waals surface area (Å²) in [5.41, 5.74) is 6.71. The van der Waals surface area contributed by atoms with E-state index in [0.29, 0.717) is 28.8 Å². The van der Waals surface area contributed by atoms with Gasteiger partial charge in [-0.25, -0.2) is 27.8 Å². The van der Waals surface area contributed by atoms with E-state index in [0.717, 1.165) is 39.3 Å². The summed E-state index contributed by atoms with van der Waals surface area (Å²) in [4.78, 5) is 14.7. The van der Waals surface area contributed by atoms with Gasteiger partial charge in [-0.15, -0.1) is 0 Å². The predicted molar refractivity (Wildman–Crippen MR) is 129 cm³/mol. The number of halogens is 2. The van der Waals surface area contributed by atoms with Crippen LogP contribution in [0.5, 0.6) is 0 Å². The topological polar surface area (TPSA) is 109 Å². The molecule has 3 heterocycles. The molecule has 1 aliphatic rings. The summed E-state index contributed by atoms with van der Waals surface area (Å²) in [6.07, 6.45) is 5.87. The monoisotopic (exact) mass is 506 g/mol. The van der Waals surface area contributed by atoms with E-state index in [9.17, 15) is 12.8 Å². The maximum atomic E-state index is 13.4. The van der Waals surface area contributed by atoms with E-state index in [1.165, 1.54) is 42.2 Å². The number of pyridine rings is 1. The van der Waals surface area contributed by atoms with Crippen LogP contribution in [0.15, 0.2) is 53.3 Å². The Kier molecular flexibility index (Phi) is 7.88. The van der Waals surface area contributed by atoms with Crippen LogP contribution in [0.2, 0.25) is 5.02 Å². The number of morpholine rings is 1. The van der Waals surface area contributed by atoms with Crippen LogP contribution >= 0.6 is 11.6 Å². The summed E-state index contributed by atoms with van der Waals surface area (Å²) in [5.74, 6) is -0.200. The number of unbranched alkanes of at least 4 members (excludes halogenated alkanes) is 1. The number of anilines is 2. The molecule has 0 spiro atoms. The first-order chi connectivity index (χ1) is 16.4. The molecule has 9 nitrogen and oxygen atoms in total. The summed E-state index contributed by atoms with van der Waals surface area (Å²) in [5, 5.41) is 1.51. The van der Waals surface area contributed by atoms with Crippen LogP contribution in [0.4, 0.5) is 15.9 Å². The number of rotatable bonds is 9. The molecule has 3 aromatic rings. The molecule has 180 valence electrons. The summed E-state index contributed by atoms with van der Waals surface area (Å²) in [7, 11) is -3.74. The Balaban J connectivity index is 1.44. The van der Waals surface area contributed by atoms with Gasteiger partial charge in [-0.1, -0.05) is 17.7 Å². The highest BCUT2D eigenvalue weighted by Gasteiger charge is 2.15. The van der Waals surface area contributed by atoms with Gasteiger partial charge in [-0.3, -0.25) is 15.8 Å². The average Bonchev–Trinajstić information content (AvgIpc) is 2.85. The number of hydrogen-bond donors (Lipinski definition) is 2. The summed E-state index contributed by atoms with van der Waals surface area (Å²) >= 11 is 5.81. The minimum absolute atomic E-state index is 0.0337. The number of nitrogens with one attached hydrogen (secondary N) is 2. The van der Waals surface area contributed by atoms with Gasteiger partial charge in [-0.05, 0) is 43.7 Å². The molecule has 0 unspecified atom stereocenters. The molecule has 12 heteroatoms. The zero-order valence-corrected chi connectivity index (χ0v) is 19.8. The Bertz CT molecular complexity index is 1280. The Morgan fingerprint density at radius 2 is 1.97 bits per heavy atom. The van der Waals surface area contributed by atoms with Gasteiger partial charge in [-0.2, -0.15) is 0 Å². The lowest BCUT2D eigenvalue weighted by molar-refractivity contribution is 0.0375. The van der Waals surface area contributed by atoms with Gasteiger partial charge in [0.2, 0.25) is 9.84 Å². The van der Waals surface area contributed by atoms with Crippen LogP contribution in [0, 0.1) is 5.82 Å². The molecular formula is C22H24ClFN6O3S. The molecule has 1 aromatic carbocycles. The molecule has 4 rings (SSSR count). The molecule has 1 saturated heterocycles. The van der Waals surface area contributed by atoms with Crippen LogP contribution in [-0.4, -0.2) is 61.1 Å². The number of ether oxygens (including phenoxy) is 1. The molecule has 0 bridgehead atoms. The van der Waals surface area contributed by atoms with E-state index >= 15 is 0 Å². The Morgan fingerprint density at radius 1 is 1.15 bits per heavy atom. The molecule has 1 aliphatic heterocycles. The van der Waals surface area contributed by atoms with Gasteiger partial charge in [0.05, 0.1) is 35.6 Å². The Hall–Kier alpha value is -2.86. The number of sulfone groups is 1. The van der Waals surface area contributed by atoms with E-state index in [1.54, 1.807) is 6.08 Å². The molecule has 0 atom stereocenters. The third-order valence-corrected chi connectivity index (χ3v) is 6.90. The smallest absolute Gasteiger partial charge is 0.216 e. The van der Waals surface area contributed by atoms with Crippen molar-refractivity contribution in [3.63, 3.8) is 0 Å². The van der Waals surface area contributed by atoms with Crippen molar-refractivity contribution in [2.45, 2.75) is 17.9 Å². The van der Waals surface area contributed by atoms with Crippen LogP contribution in [0.1, 0.15) is 12.8 Å². The fourth-order valence-electron chi connectivity index (χ4n) is 3.42. The first-order valence-electron chi connectivity index (χ1n) is 10.7. The Morgan fingerprint density at radius 3 is 2.76 bits per heavy atom. The second-order valence-corrected chi connectivity index (χ2v) is 9.84. The molecular weight excluding hydrogens is 483 g/mol. The van der Waals surface area contributed by atoms with Crippen molar-refractivity contribution in [2.75, 3.05) is 43.7 Å². The van der Waals surface area contributed by atoms with Crippen LogP contribution < -0.4 is 10.9 Å². The number of allylic oxidation sites excluding steroid dienone is 1. The lowest BCUT2D eigenvalue weighted by Gasteiger charge is -2.26. The van der Waals surface area contributed by atoms with E-state index in [4.69, 9.17) is 16.3 Å². The predicted octanol–water partition coefficient (Wildman–Crippen LogP) is 3.66. The lowest BCUT2D eigenvalue weighted by atomic mass is 10.3. The molecule has 0 amide bonds. The second-order valence-electron chi connectivity index (χ2n) is 7.65. The molecule has 2 aromatic heterocycles. The number of hydrogen-bond acceptors (Lipinski definition) is 9. The maximum absolute atomic E-state index is 13.4. The molecule has 0 saturated carbocycles. The van der Waals surface area contributed by atoms with Crippen molar-refractivity contribution in [2.24, 2.45) is 0 Å². The summed E-state index contributed by atoms with van der Waals surface area (Å²) in [6, 6.07) is 5.56. The molecule has 0 radical (unpaired) electrons. The van der Waals surface area contributed by atoms with E-state index in [1.807, 2.05) is 0 Å². The number of hydrazine groups is 1. The largest absolute Gasteiger partial charge is 0.379 e. The molecule has 1 fully saturated rings. The standard InChI is InChI=1S/C22H24ClFN6O3S/c23-18-12-16(4-5-19(18)24)28-29-22-17-13-21(25-14-20(17)26-15-27-22)34(31,32)11-3-1-2-6-30-7-9-33-10-8-30/h3-5,11-15,28H,1-2,6-10H2,(H,26,27,29). The van der Waals surface area contributed by atoms with E-state index in [2.05, 4.69) is 30.7 Å². The van der Waals surface area contributed by atoms with Gasteiger partial charge in [0.25, 0.3) is 0 Å². The summed E-state index contributed by atoms with van der Waals surface area (Å²) < 4.78 is 44.3. The number of nitrogens with zero attached hydrogens (tertiary/aromatic N) is 4. The van der Waals surface area contributed by atoms with Crippen LogP contribution in [0.3, 0.4) is 0 Å². The number of benzene rings is 1. The van der Waals surface area contributed by atoms with Gasteiger partial charge < -0.3 is 4.74 Å². The highest BCUT2D eigenvalue weighted by Crippen LogP contribution is 2.24. The Labute approximate surface area is 201 Å². The van der Waals surface area contributed by atoms with Crippen molar-refractivity contribution in [3.8, 4) is 0 Å². The highest BCUT2D eigenvalue weighted by molar-refractivity contribution is 7.94. The first-order valence-corrected chi connectivity index (χ1v) is 12.6. The zero-order chi connectivity index (χ0) is 24.0. The van der Waals surface area contributed by atoms with Crippen LogP contribution in [0.25, 0.3) is 10.9 Å². The zero-order valence-electron chi connectivity index (χ0n) is 18.2. The third-order valence-electron chi connectivity index (χ3n) is 5.26. The molecule has 0 aliphatic carbocycles. The van der Waals surface area contributed by atoms with Gasteiger partial charge in [0.1, 0.15) is 12.1 Å². The minimum Gasteiger partial charge on any atom is -0.379 e. The third kappa shape index (κ3) is 6.17. The molecule has 2 N–H and O–H groups in total. The number of aromatic nitrogens is 3. The first kappa shape index (κ1) is 24.3. The lowest BCUT2D eigenvalue weighted by Crippen LogP contribution is -2.36. The SMILES string of the molecule is O=S(=O)(C=CCCCN1CCOCC1)c1cc2c(NNc3ccc(F)c(Cl)c3)ncnc2cn1. The number of fused-ring (bicyclic) bond motifs is 1. The summed E-state index contributed by atoms with van der Waals surface area (Å²) in [6.45, 7) is 4.20. The quantitative estimate of drug-likeness (QED) is 0.332. The second kappa shape index (κ2) is 11.0. The van der Waals surface area contributed by atoms with E-state index < -0.39 is 15.7 Å². The van der Waals surface area contributed by atoms with Crippen molar-refractivity contribution < 1.29 is 17.5 Å². The fraction of sp³-hybridized carbons (Fsp3) is 0.318. The average molecular weight is 507 g/mol. The molecule has 34 heavy (non-hydrogen) atoms.